The van der Waals surface area contributed by atoms with E-state index < -0.39 is 0 Å². The molecule has 1 N–H and O–H groups in total. The fourth-order valence-corrected chi connectivity index (χ4v) is 2.95. The molecule has 2 aromatic rings. The Morgan fingerprint density at radius 3 is 2.24 bits per heavy atom. The summed E-state index contributed by atoms with van der Waals surface area (Å²) in [5.74, 6) is 1.04. The van der Waals surface area contributed by atoms with E-state index in [1.165, 1.54) is 0 Å². The highest BCUT2D eigenvalue weighted by Crippen LogP contribution is 2.29. The molecule has 4 heteroatoms. The highest BCUT2D eigenvalue weighted by molar-refractivity contribution is 6.28. The first-order chi connectivity index (χ1) is 12.1. The molecule has 0 fully saturated rings. The quantitative estimate of drug-likeness (QED) is 0.671. The van der Waals surface area contributed by atoms with E-state index in [1.54, 1.807) is 42.5 Å². The Kier molecular flexibility index (Phi) is 5.29. The topological polar surface area (TPSA) is 55.4 Å². The maximum Gasteiger partial charge on any atom is 0.194 e. The molecular formula is C21H23NO3. The number of hydrogen-bond donors (Lipinski definition) is 1. The molecule has 0 spiro atoms. The first-order valence-electron chi connectivity index (χ1n) is 8.74. The number of ketones is 2. The van der Waals surface area contributed by atoms with Crippen LogP contribution in [0.2, 0.25) is 0 Å². The predicted octanol–water partition coefficient (Wildman–Crippen LogP) is 3.48. The second-order valence-electron chi connectivity index (χ2n) is 6.71. The van der Waals surface area contributed by atoms with Gasteiger partial charge >= 0.3 is 0 Å². The van der Waals surface area contributed by atoms with Crippen molar-refractivity contribution in [2.75, 3.05) is 19.7 Å². The van der Waals surface area contributed by atoms with Crippen LogP contribution in [-0.2, 0) is 0 Å². The van der Waals surface area contributed by atoms with Crippen LogP contribution >= 0.6 is 0 Å². The third-order valence-corrected chi connectivity index (χ3v) is 4.22. The summed E-state index contributed by atoms with van der Waals surface area (Å²) in [6, 6.07) is 12.1. The third-order valence-electron chi connectivity index (χ3n) is 4.22. The van der Waals surface area contributed by atoms with Gasteiger partial charge in [-0.3, -0.25) is 9.59 Å². The number of hydrogen-bond acceptors (Lipinski definition) is 4. The minimum atomic E-state index is -0.116. The standard InChI is InChI=1S/C21H23NO3/c1-14(2)13-22-10-5-11-25-15-8-9-18-19(12-15)21(24)17-7-4-3-6-16(17)20(18)23/h3-4,6-9,12,14,22H,5,10-11,13H2,1-2H3. The lowest BCUT2D eigenvalue weighted by Gasteiger charge is -2.18. The smallest absolute Gasteiger partial charge is 0.194 e. The average molecular weight is 337 g/mol. The van der Waals surface area contributed by atoms with Crippen molar-refractivity contribution in [3.05, 3.63) is 64.7 Å². The molecule has 0 amide bonds. The SMILES string of the molecule is CC(C)CNCCCOc1ccc2c(c1)C(=O)c1ccccc1C2=O. The van der Waals surface area contributed by atoms with Gasteiger partial charge in [-0.05, 0) is 43.6 Å². The van der Waals surface area contributed by atoms with E-state index in [2.05, 4.69) is 19.2 Å². The van der Waals surface area contributed by atoms with Gasteiger partial charge < -0.3 is 10.1 Å². The van der Waals surface area contributed by atoms with Crippen LogP contribution in [0.25, 0.3) is 0 Å². The van der Waals surface area contributed by atoms with E-state index in [0.29, 0.717) is 40.5 Å². The molecule has 25 heavy (non-hydrogen) atoms. The second-order valence-corrected chi connectivity index (χ2v) is 6.71. The summed E-state index contributed by atoms with van der Waals surface area (Å²) in [5, 5.41) is 3.37. The number of nitrogens with one attached hydrogen (secondary N) is 1. The minimum absolute atomic E-state index is 0.102. The van der Waals surface area contributed by atoms with Crippen LogP contribution in [0.3, 0.4) is 0 Å². The van der Waals surface area contributed by atoms with Crippen LogP contribution in [-0.4, -0.2) is 31.3 Å². The highest BCUT2D eigenvalue weighted by atomic mass is 16.5. The number of rotatable bonds is 7. The van der Waals surface area contributed by atoms with Gasteiger partial charge in [0, 0.05) is 22.3 Å². The van der Waals surface area contributed by atoms with Crippen LogP contribution in [0.1, 0.15) is 52.1 Å². The molecule has 0 heterocycles. The van der Waals surface area contributed by atoms with E-state index >= 15 is 0 Å². The van der Waals surface area contributed by atoms with Gasteiger partial charge in [0.2, 0.25) is 0 Å². The van der Waals surface area contributed by atoms with E-state index in [-0.39, 0.29) is 11.6 Å². The second kappa shape index (κ2) is 7.62. The zero-order valence-corrected chi connectivity index (χ0v) is 14.7. The van der Waals surface area contributed by atoms with Crippen LogP contribution in [0.15, 0.2) is 42.5 Å². The van der Waals surface area contributed by atoms with Crippen molar-refractivity contribution in [1.82, 2.24) is 5.32 Å². The fraction of sp³-hybridized carbons (Fsp3) is 0.333. The molecule has 0 aromatic heterocycles. The lowest BCUT2D eigenvalue weighted by molar-refractivity contribution is 0.0978. The number of benzene rings is 2. The third kappa shape index (κ3) is 3.80. The fourth-order valence-electron chi connectivity index (χ4n) is 2.95. The van der Waals surface area contributed by atoms with E-state index in [0.717, 1.165) is 19.5 Å². The Morgan fingerprint density at radius 2 is 1.56 bits per heavy atom. The van der Waals surface area contributed by atoms with Crippen LogP contribution < -0.4 is 10.1 Å². The monoisotopic (exact) mass is 337 g/mol. The Balaban J connectivity index is 1.66. The molecule has 0 radical (unpaired) electrons. The normalized spacial score (nSPS) is 12.9. The largest absolute Gasteiger partial charge is 0.494 e. The Hall–Kier alpha value is -2.46. The predicted molar refractivity (Wildman–Crippen MR) is 97.6 cm³/mol. The van der Waals surface area contributed by atoms with Gasteiger partial charge in [-0.15, -0.1) is 0 Å². The zero-order chi connectivity index (χ0) is 17.8. The maximum absolute atomic E-state index is 12.7. The maximum atomic E-state index is 12.7. The molecule has 0 aliphatic heterocycles. The minimum Gasteiger partial charge on any atom is -0.494 e. The Labute approximate surface area is 148 Å². The molecule has 4 nitrogen and oxygen atoms in total. The van der Waals surface area contributed by atoms with Crippen molar-refractivity contribution >= 4 is 11.6 Å². The number of carbonyl (C=O) groups is 2. The van der Waals surface area contributed by atoms with Crippen molar-refractivity contribution in [2.45, 2.75) is 20.3 Å². The summed E-state index contributed by atoms with van der Waals surface area (Å²) in [6.45, 7) is 6.81. The van der Waals surface area contributed by atoms with E-state index in [1.807, 2.05) is 0 Å². The number of ether oxygens (including phenoxy) is 1. The summed E-state index contributed by atoms with van der Waals surface area (Å²) < 4.78 is 5.75. The Bertz CT molecular complexity index is 795. The van der Waals surface area contributed by atoms with Crippen molar-refractivity contribution in [1.29, 1.82) is 0 Å². The lowest BCUT2D eigenvalue weighted by Crippen LogP contribution is -2.22. The average Bonchev–Trinajstić information content (AvgIpc) is 2.62. The van der Waals surface area contributed by atoms with Gasteiger partial charge in [0.15, 0.2) is 11.6 Å². The molecule has 130 valence electrons. The highest BCUT2D eigenvalue weighted by Gasteiger charge is 2.29. The van der Waals surface area contributed by atoms with Crippen molar-refractivity contribution < 1.29 is 14.3 Å². The van der Waals surface area contributed by atoms with Crippen molar-refractivity contribution in [3.8, 4) is 5.75 Å². The van der Waals surface area contributed by atoms with Crippen molar-refractivity contribution in [2.24, 2.45) is 5.92 Å². The van der Waals surface area contributed by atoms with Crippen molar-refractivity contribution in [3.63, 3.8) is 0 Å². The molecule has 0 bridgehead atoms. The number of carbonyl (C=O) groups excluding carboxylic acids is 2. The summed E-state index contributed by atoms with van der Waals surface area (Å²) >= 11 is 0. The molecule has 3 rings (SSSR count). The molecule has 0 saturated carbocycles. The zero-order valence-electron chi connectivity index (χ0n) is 14.7. The first-order valence-corrected chi connectivity index (χ1v) is 8.74. The van der Waals surface area contributed by atoms with Gasteiger partial charge in [0.05, 0.1) is 6.61 Å². The van der Waals surface area contributed by atoms with E-state index in [9.17, 15) is 9.59 Å². The summed E-state index contributed by atoms with van der Waals surface area (Å²) in [7, 11) is 0. The molecule has 0 saturated heterocycles. The van der Waals surface area contributed by atoms with E-state index in [4.69, 9.17) is 4.74 Å². The van der Waals surface area contributed by atoms with Crippen LogP contribution in [0.4, 0.5) is 0 Å². The lowest BCUT2D eigenvalue weighted by atomic mass is 9.84. The molecular weight excluding hydrogens is 314 g/mol. The van der Waals surface area contributed by atoms with Crippen LogP contribution in [0.5, 0.6) is 5.75 Å². The molecule has 1 aliphatic carbocycles. The summed E-state index contributed by atoms with van der Waals surface area (Å²) in [6.07, 6.45) is 0.888. The number of fused-ring (bicyclic) bond motifs is 2. The van der Waals surface area contributed by atoms with Gasteiger partial charge in [0.25, 0.3) is 0 Å². The van der Waals surface area contributed by atoms with Gasteiger partial charge in [-0.1, -0.05) is 38.1 Å². The molecule has 2 aromatic carbocycles. The van der Waals surface area contributed by atoms with Gasteiger partial charge in [-0.2, -0.15) is 0 Å². The van der Waals surface area contributed by atoms with Gasteiger partial charge in [-0.25, -0.2) is 0 Å². The molecule has 1 aliphatic rings. The van der Waals surface area contributed by atoms with Crippen LogP contribution in [0, 0.1) is 5.92 Å². The summed E-state index contributed by atoms with van der Waals surface area (Å²) in [4.78, 5) is 25.2. The summed E-state index contributed by atoms with van der Waals surface area (Å²) in [5.41, 5.74) is 1.83. The molecule has 0 unspecified atom stereocenters. The first kappa shape index (κ1) is 17.4. The molecule has 0 atom stereocenters. The van der Waals surface area contributed by atoms with Gasteiger partial charge in [0.1, 0.15) is 5.75 Å². The Morgan fingerprint density at radius 1 is 0.920 bits per heavy atom.